The lowest BCUT2D eigenvalue weighted by atomic mass is 10.1. The molecule has 0 aliphatic carbocycles. The van der Waals surface area contributed by atoms with Crippen molar-refractivity contribution in [2.24, 2.45) is 0 Å². The summed E-state index contributed by atoms with van der Waals surface area (Å²) in [7, 11) is 0. The monoisotopic (exact) mass is 388 g/mol. The SMILES string of the molecule is CCOc1ccc(CN(CCc2ccccn2)C(=O)c2ccc(CC)cc2)cc1. The van der Waals surface area contributed by atoms with Gasteiger partial charge in [0.15, 0.2) is 0 Å². The van der Waals surface area contributed by atoms with Crippen LogP contribution in [-0.2, 0) is 19.4 Å². The zero-order valence-electron chi connectivity index (χ0n) is 17.2. The molecule has 150 valence electrons. The summed E-state index contributed by atoms with van der Waals surface area (Å²) in [6, 6.07) is 21.7. The molecule has 4 heteroatoms. The van der Waals surface area contributed by atoms with E-state index in [2.05, 4.69) is 11.9 Å². The number of benzene rings is 2. The Bertz CT molecular complexity index is 890. The first kappa shape index (κ1) is 20.6. The minimum Gasteiger partial charge on any atom is -0.494 e. The van der Waals surface area contributed by atoms with Gasteiger partial charge >= 0.3 is 0 Å². The van der Waals surface area contributed by atoms with Gasteiger partial charge in [-0.1, -0.05) is 37.3 Å². The van der Waals surface area contributed by atoms with Crippen molar-refractivity contribution in [1.29, 1.82) is 0 Å². The van der Waals surface area contributed by atoms with E-state index in [9.17, 15) is 4.79 Å². The van der Waals surface area contributed by atoms with Gasteiger partial charge in [0, 0.05) is 37.0 Å². The van der Waals surface area contributed by atoms with Crippen LogP contribution in [-0.4, -0.2) is 28.9 Å². The van der Waals surface area contributed by atoms with E-state index >= 15 is 0 Å². The van der Waals surface area contributed by atoms with Gasteiger partial charge in [-0.3, -0.25) is 9.78 Å². The topological polar surface area (TPSA) is 42.4 Å². The number of hydrogen-bond donors (Lipinski definition) is 0. The molecule has 0 aliphatic heterocycles. The van der Waals surface area contributed by atoms with Crippen molar-refractivity contribution >= 4 is 5.91 Å². The second-order valence-electron chi connectivity index (χ2n) is 6.93. The second-order valence-corrected chi connectivity index (χ2v) is 6.93. The summed E-state index contributed by atoms with van der Waals surface area (Å²) in [5, 5.41) is 0. The molecule has 0 unspecified atom stereocenters. The van der Waals surface area contributed by atoms with Crippen LogP contribution in [0.15, 0.2) is 72.9 Å². The summed E-state index contributed by atoms with van der Waals surface area (Å²) < 4.78 is 5.52. The van der Waals surface area contributed by atoms with Gasteiger partial charge < -0.3 is 9.64 Å². The lowest BCUT2D eigenvalue weighted by Crippen LogP contribution is -2.32. The Balaban J connectivity index is 1.76. The Labute approximate surface area is 173 Å². The number of carbonyl (C=O) groups is 1. The third-order valence-electron chi connectivity index (χ3n) is 4.87. The molecule has 3 rings (SSSR count). The molecule has 0 N–H and O–H groups in total. The fraction of sp³-hybridized carbons (Fsp3) is 0.280. The van der Waals surface area contributed by atoms with E-state index in [0.29, 0.717) is 25.3 Å². The summed E-state index contributed by atoms with van der Waals surface area (Å²) >= 11 is 0. The van der Waals surface area contributed by atoms with Crippen LogP contribution >= 0.6 is 0 Å². The average molecular weight is 389 g/mol. The highest BCUT2D eigenvalue weighted by Crippen LogP contribution is 2.16. The number of ether oxygens (including phenoxy) is 1. The predicted molar refractivity (Wildman–Crippen MR) is 116 cm³/mol. The third kappa shape index (κ3) is 5.92. The fourth-order valence-corrected chi connectivity index (χ4v) is 3.19. The van der Waals surface area contributed by atoms with Crippen LogP contribution in [0.3, 0.4) is 0 Å². The maximum Gasteiger partial charge on any atom is 0.254 e. The van der Waals surface area contributed by atoms with Gasteiger partial charge in [-0.2, -0.15) is 0 Å². The van der Waals surface area contributed by atoms with Gasteiger partial charge in [0.25, 0.3) is 5.91 Å². The van der Waals surface area contributed by atoms with E-state index in [1.807, 2.05) is 78.6 Å². The zero-order valence-corrected chi connectivity index (χ0v) is 17.2. The van der Waals surface area contributed by atoms with Gasteiger partial charge in [0.2, 0.25) is 0 Å². The standard InChI is InChI=1S/C25H28N2O2/c1-3-20-8-12-22(13-9-20)25(28)27(18-16-23-7-5-6-17-26-23)19-21-10-14-24(15-11-21)29-4-2/h5-15,17H,3-4,16,18-19H2,1-2H3. The molecule has 0 fully saturated rings. The van der Waals surface area contributed by atoms with Crippen molar-refractivity contribution in [2.75, 3.05) is 13.2 Å². The quantitative estimate of drug-likeness (QED) is 0.522. The molecule has 1 heterocycles. The van der Waals surface area contributed by atoms with Crippen LogP contribution in [0, 0.1) is 0 Å². The molecule has 3 aromatic rings. The number of aryl methyl sites for hydroxylation is 1. The number of pyridine rings is 1. The van der Waals surface area contributed by atoms with Gasteiger partial charge in [-0.05, 0) is 60.9 Å². The summed E-state index contributed by atoms with van der Waals surface area (Å²) in [5.41, 5.74) is 4.01. The highest BCUT2D eigenvalue weighted by molar-refractivity contribution is 5.94. The van der Waals surface area contributed by atoms with Crippen LogP contribution < -0.4 is 4.74 Å². The van der Waals surface area contributed by atoms with E-state index in [0.717, 1.165) is 29.8 Å². The molecule has 0 radical (unpaired) electrons. The molecule has 0 saturated carbocycles. The number of amides is 1. The first-order valence-electron chi connectivity index (χ1n) is 10.2. The van der Waals surface area contributed by atoms with Crippen molar-refractivity contribution in [3.05, 3.63) is 95.3 Å². The summed E-state index contributed by atoms with van der Waals surface area (Å²) in [6.45, 7) is 5.88. The molecule has 2 aromatic carbocycles. The minimum atomic E-state index is 0.0393. The van der Waals surface area contributed by atoms with Crippen molar-refractivity contribution in [3.63, 3.8) is 0 Å². The molecular weight excluding hydrogens is 360 g/mol. The zero-order chi connectivity index (χ0) is 20.5. The van der Waals surface area contributed by atoms with E-state index in [1.165, 1.54) is 5.56 Å². The molecule has 29 heavy (non-hydrogen) atoms. The van der Waals surface area contributed by atoms with Crippen molar-refractivity contribution in [1.82, 2.24) is 9.88 Å². The number of carbonyl (C=O) groups excluding carboxylic acids is 1. The molecule has 0 atom stereocenters. The van der Waals surface area contributed by atoms with Crippen LogP contribution in [0.4, 0.5) is 0 Å². The third-order valence-corrected chi connectivity index (χ3v) is 4.87. The first-order chi connectivity index (χ1) is 14.2. The Morgan fingerprint density at radius 1 is 0.931 bits per heavy atom. The highest BCUT2D eigenvalue weighted by Gasteiger charge is 2.16. The van der Waals surface area contributed by atoms with E-state index < -0.39 is 0 Å². The highest BCUT2D eigenvalue weighted by atomic mass is 16.5. The van der Waals surface area contributed by atoms with Gasteiger partial charge in [-0.25, -0.2) is 0 Å². The number of hydrogen-bond acceptors (Lipinski definition) is 3. The molecule has 0 aliphatic rings. The molecule has 1 amide bonds. The number of nitrogens with zero attached hydrogens (tertiary/aromatic N) is 2. The lowest BCUT2D eigenvalue weighted by molar-refractivity contribution is 0.0744. The van der Waals surface area contributed by atoms with Gasteiger partial charge in [-0.15, -0.1) is 0 Å². The van der Waals surface area contributed by atoms with Crippen LogP contribution in [0.25, 0.3) is 0 Å². The Hall–Kier alpha value is -3.14. The van der Waals surface area contributed by atoms with Crippen LogP contribution in [0.1, 0.15) is 41.0 Å². The largest absolute Gasteiger partial charge is 0.494 e. The Morgan fingerprint density at radius 3 is 2.28 bits per heavy atom. The van der Waals surface area contributed by atoms with Gasteiger partial charge in [0.05, 0.1) is 6.61 Å². The molecule has 0 spiro atoms. The Morgan fingerprint density at radius 2 is 1.66 bits per heavy atom. The maximum atomic E-state index is 13.2. The van der Waals surface area contributed by atoms with E-state index in [-0.39, 0.29) is 5.91 Å². The maximum absolute atomic E-state index is 13.2. The van der Waals surface area contributed by atoms with E-state index in [4.69, 9.17) is 4.74 Å². The summed E-state index contributed by atoms with van der Waals surface area (Å²) in [5.74, 6) is 0.884. The van der Waals surface area contributed by atoms with Gasteiger partial charge in [0.1, 0.15) is 5.75 Å². The van der Waals surface area contributed by atoms with E-state index in [1.54, 1.807) is 6.20 Å². The van der Waals surface area contributed by atoms with Crippen LogP contribution in [0.5, 0.6) is 5.75 Å². The molecule has 0 bridgehead atoms. The molecule has 4 nitrogen and oxygen atoms in total. The minimum absolute atomic E-state index is 0.0393. The number of aromatic nitrogens is 1. The normalized spacial score (nSPS) is 10.6. The first-order valence-corrected chi connectivity index (χ1v) is 10.2. The second kappa shape index (κ2) is 10.4. The summed E-state index contributed by atoms with van der Waals surface area (Å²) in [6.07, 6.45) is 3.47. The summed E-state index contributed by atoms with van der Waals surface area (Å²) in [4.78, 5) is 19.5. The average Bonchev–Trinajstić information content (AvgIpc) is 2.78. The van der Waals surface area contributed by atoms with Crippen molar-refractivity contribution in [2.45, 2.75) is 33.2 Å². The smallest absolute Gasteiger partial charge is 0.254 e. The molecule has 1 aromatic heterocycles. The predicted octanol–water partition coefficient (Wildman–Crippen LogP) is 4.93. The van der Waals surface area contributed by atoms with Crippen LogP contribution in [0.2, 0.25) is 0 Å². The lowest BCUT2D eigenvalue weighted by Gasteiger charge is -2.23. The number of rotatable bonds is 9. The van der Waals surface area contributed by atoms with Crippen molar-refractivity contribution in [3.8, 4) is 5.75 Å². The fourth-order valence-electron chi connectivity index (χ4n) is 3.19. The molecule has 0 saturated heterocycles. The molecular formula is C25H28N2O2. The van der Waals surface area contributed by atoms with Crippen molar-refractivity contribution < 1.29 is 9.53 Å². The Kier molecular flexibility index (Phi) is 7.40.